The maximum atomic E-state index is 11.1. The van der Waals surface area contributed by atoms with Crippen LogP contribution >= 0.6 is 11.8 Å². The lowest BCUT2D eigenvalue weighted by Gasteiger charge is -2.11. The van der Waals surface area contributed by atoms with E-state index >= 15 is 0 Å². The number of thioether (sulfide) groups is 1. The number of amides is 1. The minimum Gasteiger partial charge on any atom is -0.480 e. The molecule has 0 saturated heterocycles. The van der Waals surface area contributed by atoms with Crippen LogP contribution in [0.3, 0.4) is 0 Å². The summed E-state index contributed by atoms with van der Waals surface area (Å²) in [6.45, 7) is 3.64. The number of hydrogen-bond acceptors (Lipinski definition) is 4. The average molecular weight is 220 g/mol. The lowest BCUT2D eigenvalue weighted by Crippen LogP contribution is -2.44. The van der Waals surface area contributed by atoms with Gasteiger partial charge in [0.15, 0.2) is 0 Å². The maximum absolute atomic E-state index is 11.1. The zero-order valence-corrected chi connectivity index (χ0v) is 9.13. The van der Waals surface area contributed by atoms with Crippen molar-refractivity contribution in [1.29, 1.82) is 0 Å². The van der Waals surface area contributed by atoms with E-state index in [9.17, 15) is 9.59 Å². The van der Waals surface area contributed by atoms with Crippen LogP contribution in [0.1, 0.15) is 13.8 Å². The molecule has 4 N–H and O–H groups in total. The predicted molar refractivity (Wildman–Crippen MR) is 56.2 cm³/mol. The normalized spacial score (nSPS) is 12.6. The molecule has 0 bridgehead atoms. The van der Waals surface area contributed by atoms with Gasteiger partial charge in [0, 0.05) is 5.75 Å². The largest absolute Gasteiger partial charge is 0.480 e. The third-order valence-electron chi connectivity index (χ3n) is 1.36. The highest BCUT2D eigenvalue weighted by atomic mass is 32.2. The van der Waals surface area contributed by atoms with Crippen molar-refractivity contribution in [3.05, 3.63) is 0 Å². The highest BCUT2D eigenvalue weighted by molar-refractivity contribution is 7.99. The van der Waals surface area contributed by atoms with Crippen molar-refractivity contribution in [3.63, 3.8) is 0 Å². The molecular weight excluding hydrogens is 204 g/mol. The molecule has 0 fully saturated rings. The zero-order valence-electron chi connectivity index (χ0n) is 8.32. The van der Waals surface area contributed by atoms with Gasteiger partial charge in [0.05, 0.1) is 6.04 Å². The Morgan fingerprint density at radius 3 is 2.50 bits per heavy atom. The Morgan fingerprint density at radius 1 is 1.50 bits per heavy atom. The highest BCUT2D eigenvalue weighted by Gasteiger charge is 2.14. The first-order valence-corrected chi connectivity index (χ1v) is 5.35. The van der Waals surface area contributed by atoms with Gasteiger partial charge < -0.3 is 16.2 Å². The van der Waals surface area contributed by atoms with E-state index in [4.69, 9.17) is 10.8 Å². The van der Waals surface area contributed by atoms with Crippen LogP contribution in [0.5, 0.6) is 0 Å². The third kappa shape index (κ3) is 6.73. The lowest BCUT2D eigenvalue weighted by molar-refractivity contribution is -0.138. The molecule has 0 aliphatic carbocycles. The summed E-state index contributed by atoms with van der Waals surface area (Å²) in [5, 5.41) is 10.9. The van der Waals surface area contributed by atoms with Crippen molar-refractivity contribution in [2.45, 2.75) is 25.1 Å². The summed E-state index contributed by atoms with van der Waals surface area (Å²) in [6.07, 6.45) is 0. The summed E-state index contributed by atoms with van der Waals surface area (Å²) in [4.78, 5) is 21.3. The number of carbonyl (C=O) groups excluding carboxylic acids is 1. The molecule has 14 heavy (non-hydrogen) atoms. The number of aliphatic carboxylic acids is 1. The number of carboxylic acids is 1. The van der Waals surface area contributed by atoms with Crippen molar-refractivity contribution in [2.24, 2.45) is 5.73 Å². The minimum absolute atomic E-state index is 0.376. The molecule has 0 rings (SSSR count). The van der Waals surface area contributed by atoms with Gasteiger partial charge in [-0.15, -0.1) is 0 Å². The number of carbonyl (C=O) groups is 2. The van der Waals surface area contributed by atoms with Crippen LogP contribution in [0.4, 0.5) is 0 Å². The monoisotopic (exact) mass is 220 g/mol. The van der Waals surface area contributed by atoms with Gasteiger partial charge in [-0.25, -0.2) is 0 Å². The second kappa shape index (κ2) is 6.67. The summed E-state index contributed by atoms with van der Waals surface area (Å²) >= 11 is 1.57. The van der Waals surface area contributed by atoms with Crippen molar-refractivity contribution in [1.82, 2.24) is 5.32 Å². The van der Waals surface area contributed by atoms with Crippen molar-refractivity contribution in [2.75, 3.05) is 12.3 Å². The fourth-order valence-corrected chi connectivity index (χ4v) is 1.41. The highest BCUT2D eigenvalue weighted by Crippen LogP contribution is 2.09. The Balaban J connectivity index is 3.70. The molecule has 0 aromatic rings. The lowest BCUT2D eigenvalue weighted by atomic mass is 10.3. The molecule has 1 amide bonds. The first kappa shape index (κ1) is 13.2. The quantitative estimate of drug-likeness (QED) is 0.569. The van der Waals surface area contributed by atoms with Crippen LogP contribution in [0, 0.1) is 0 Å². The van der Waals surface area contributed by atoms with Crippen molar-refractivity contribution >= 4 is 23.6 Å². The molecule has 0 radical (unpaired) electrons. The number of carboxylic acid groups (broad SMARTS) is 1. The van der Waals surface area contributed by atoms with Gasteiger partial charge >= 0.3 is 5.97 Å². The number of rotatable bonds is 6. The molecule has 0 spiro atoms. The van der Waals surface area contributed by atoms with E-state index in [1.165, 1.54) is 0 Å². The molecule has 0 heterocycles. The molecule has 0 aliphatic rings. The smallest absolute Gasteiger partial charge is 0.322 e. The Hall–Kier alpha value is -0.750. The van der Waals surface area contributed by atoms with Crippen LogP contribution in [0.2, 0.25) is 0 Å². The molecule has 0 aliphatic heterocycles. The number of hydrogen-bond donors (Lipinski definition) is 3. The zero-order chi connectivity index (χ0) is 11.1. The van der Waals surface area contributed by atoms with E-state index in [1.54, 1.807) is 11.8 Å². The van der Waals surface area contributed by atoms with Crippen LogP contribution in [-0.2, 0) is 9.59 Å². The molecule has 82 valence electrons. The summed E-state index contributed by atoms with van der Waals surface area (Å²) in [6, 6.07) is -0.637. The van der Waals surface area contributed by atoms with Crippen LogP contribution < -0.4 is 11.1 Å². The minimum atomic E-state index is -1.07. The summed E-state index contributed by atoms with van der Waals surface area (Å²) in [7, 11) is 0. The topological polar surface area (TPSA) is 92.4 Å². The molecular formula is C8H16N2O3S. The van der Waals surface area contributed by atoms with E-state index in [0.717, 1.165) is 0 Å². The van der Waals surface area contributed by atoms with Gasteiger partial charge in [-0.05, 0) is 5.25 Å². The molecule has 0 aromatic carbocycles. The van der Waals surface area contributed by atoms with Crippen LogP contribution in [-0.4, -0.2) is 40.6 Å². The second-order valence-corrected chi connectivity index (χ2v) is 4.71. The molecule has 6 heteroatoms. The Labute approximate surface area is 87.4 Å². The van der Waals surface area contributed by atoms with E-state index < -0.39 is 17.9 Å². The summed E-state index contributed by atoms with van der Waals surface area (Å²) in [5.74, 6) is -0.981. The predicted octanol–water partition coefficient (Wildman–Crippen LogP) is -0.344. The van der Waals surface area contributed by atoms with Crippen molar-refractivity contribution < 1.29 is 14.7 Å². The fourth-order valence-electron chi connectivity index (χ4n) is 0.666. The van der Waals surface area contributed by atoms with Crippen LogP contribution in [0.25, 0.3) is 0 Å². The van der Waals surface area contributed by atoms with E-state index in [2.05, 4.69) is 5.32 Å². The second-order valence-electron chi connectivity index (χ2n) is 3.10. The maximum Gasteiger partial charge on any atom is 0.322 e. The van der Waals surface area contributed by atoms with Gasteiger partial charge in [-0.3, -0.25) is 9.59 Å². The van der Waals surface area contributed by atoms with Crippen LogP contribution in [0.15, 0.2) is 0 Å². The molecule has 5 nitrogen and oxygen atoms in total. The first-order valence-electron chi connectivity index (χ1n) is 4.30. The standard InChI is InChI=1S/C8H16N2O3S/c1-5(2)14-4-6(9)8(13)10-3-7(11)12/h5-6H,3-4,9H2,1-2H3,(H,10,13)(H,11,12)/t6-/m0/s1. The van der Waals surface area contributed by atoms with Gasteiger partial charge in [0.1, 0.15) is 6.54 Å². The van der Waals surface area contributed by atoms with E-state index in [-0.39, 0.29) is 6.54 Å². The van der Waals surface area contributed by atoms with Crippen molar-refractivity contribution in [3.8, 4) is 0 Å². The third-order valence-corrected chi connectivity index (χ3v) is 2.58. The molecule has 1 atom stereocenters. The Bertz CT molecular complexity index is 209. The summed E-state index contributed by atoms with van der Waals surface area (Å²) < 4.78 is 0. The van der Waals surface area contributed by atoms with Gasteiger partial charge in [-0.2, -0.15) is 11.8 Å². The first-order chi connectivity index (χ1) is 6.43. The molecule has 0 saturated carbocycles. The van der Waals surface area contributed by atoms with Gasteiger partial charge in [0.25, 0.3) is 0 Å². The molecule has 0 unspecified atom stereocenters. The number of nitrogens with one attached hydrogen (secondary N) is 1. The van der Waals surface area contributed by atoms with Gasteiger partial charge in [-0.1, -0.05) is 13.8 Å². The Kier molecular flexibility index (Phi) is 6.31. The summed E-state index contributed by atoms with van der Waals surface area (Å²) in [5.41, 5.74) is 5.53. The Morgan fingerprint density at radius 2 is 2.07 bits per heavy atom. The average Bonchev–Trinajstić information content (AvgIpc) is 2.09. The fraction of sp³-hybridized carbons (Fsp3) is 0.750. The van der Waals surface area contributed by atoms with E-state index in [1.807, 2.05) is 13.8 Å². The molecule has 0 aromatic heterocycles. The SMILES string of the molecule is CC(C)SC[C@H](N)C(=O)NCC(=O)O. The van der Waals surface area contributed by atoms with Gasteiger partial charge in [0.2, 0.25) is 5.91 Å². The number of nitrogens with two attached hydrogens (primary N) is 1. The van der Waals surface area contributed by atoms with E-state index in [0.29, 0.717) is 11.0 Å².